The van der Waals surface area contributed by atoms with Crippen LogP contribution >= 0.6 is 11.6 Å². The van der Waals surface area contributed by atoms with Gasteiger partial charge in [0.2, 0.25) is 0 Å². The summed E-state index contributed by atoms with van der Waals surface area (Å²) in [6.07, 6.45) is 0.745. The summed E-state index contributed by atoms with van der Waals surface area (Å²) in [6.45, 7) is 2.46. The number of aliphatic hydroxyl groups is 1. The number of aromatic nitrogens is 1. The molecule has 0 aliphatic carbocycles. The van der Waals surface area contributed by atoms with Gasteiger partial charge in [-0.15, -0.1) is 0 Å². The fourth-order valence-electron chi connectivity index (χ4n) is 4.36. The van der Waals surface area contributed by atoms with Gasteiger partial charge in [0.05, 0.1) is 41.3 Å². The molecule has 2 aromatic carbocycles. The number of aliphatic hydroxyl groups excluding tert-OH is 1. The molecule has 0 saturated carbocycles. The zero-order valence-corrected chi connectivity index (χ0v) is 22.1. The third-order valence-electron chi connectivity index (χ3n) is 6.39. The van der Waals surface area contributed by atoms with Crippen LogP contribution in [0.15, 0.2) is 47.4 Å². The maximum atomic E-state index is 13.0. The Morgan fingerprint density at radius 3 is 2.51 bits per heavy atom. The highest BCUT2D eigenvalue weighted by atomic mass is 35.5. The monoisotopic (exact) mass is 548 g/mol. The topological polar surface area (TPSA) is 124 Å². The van der Waals surface area contributed by atoms with Crippen molar-refractivity contribution >= 4 is 44.2 Å². The van der Waals surface area contributed by atoms with E-state index in [-0.39, 0.29) is 11.0 Å². The SMILES string of the molecule is Cc1cc(Cl)c2cc(C(=O)N[C@H](CO)c3ccc(S(=O)(=O)CC(=O)OC4CCOCC4)cc3)n(C)c2c1. The molecule has 0 unspecified atom stereocenters. The Kier molecular flexibility index (Phi) is 8.23. The Hall–Kier alpha value is -2.92. The number of esters is 1. The van der Waals surface area contributed by atoms with Crippen LogP contribution in [0.2, 0.25) is 5.02 Å². The number of rotatable bonds is 8. The molecule has 0 bridgehead atoms. The first-order valence-corrected chi connectivity index (χ1v) is 13.9. The largest absolute Gasteiger partial charge is 0.461 e. The van der Waals surface area contributed by atoms with Crippen LogP contribution in [0.3, 0.4) is 0 Å². The van der Waals surface area contributed by atoms with E-state index < -0.39 is 40.1 Å². The Morgan fingerprint density at radius 1 is 1.19 bits per heavy atom. The van der Waals surface area contributed by atoms with Crippen LogP contribution in [0.4, 0.5) is 0 Å². The zero-order chi connectivity index (χ0) is 26.7. The van der Waals surface area contributed by atoms with Crippen molar-refractivity contribution < 1.29 is 32.6 Å². The maximum absolute atomic E-state index is 13.0. The molecule has 11 heteroatoms. The van der Waals surface area contributed by atoms with Gasteiger partial charge in [0.1, 0.15) is 11.8 Å². The van der Waals surface area contributed by atoms with Crippen LogP contribution in [0.5, 0.6) is 0 Å². The van der Waals surface area contributed by atoms with E-state index in [1.807, 2.05) is 19.1 Å². The van der Waals surface area contributed by atoms with E-state index in [9.17, 15) is 23.1 Å². The number of benzene rings is 2. The number of aryl methyl sites for hydroxylation is 2. The van der Waals surface area contributed by atoms with Gasteiger partial charge in [-0.25, -0.2) is 8.42 Å². The summed E-state index contributed by atoms with van der Waals surface area (Å²) in [4.78, 5) is 25.2. The van der Waals surface area contributed by atoms with Gasteiger partial charge >= 0.3 is 5.97 Å². The van der Waals surface area contributed by atoms with Crippen molar-refractivity contribution in [3.05, 3.63) is 64.3 Å². The number of carbonyl (C=O) groups excluding carboxylic acids is 2. The van der Waals surface area contributed by atoms with Crippen molar-refractivity contribution in [2.75, 3.05) is 25.6 Å². The lowest BCUT2D eigenvalue weighted by atomic mass is 10.1. The van der Waals surface area contributed by atoms with Gasteiger partial charge in [0, 0.05) is 25.3 Å². The number of nitrogens with one attached hydrogen (secondary N) is 1. The molecule has 1 atom stereocenters. The quantitative estimate of drug-likeness (QED) is 0.414. The molecule has 1 fully saturated rings. The third kappa shape index (κ3) is 6.15. The number of nitrogens with zero attached hydrogens (tertiary/aromatic N) is 1. The second-order valence-corrected chi connectivity index (χ2v) is 11.5. The summed E-state index contributed by atoms with van der Waals surface area (Å²) in [6, 6.07) is 10.4. The summed E-state index contributed by atoms with van der Waals surface area (Å²) in [5.41, 5.74) is 2.64. The number of hydrogen-bond donors (Lipinski definition) is 2. The first-order chi connectivity index (χ1) is 17.6. The highest BCUT2D eigenvalue weighted by molar-refractivity contribution is 7.92. The van der Waals surface area contributed by atoms with E-state index in [1.165, 1.54) is 24.3 Å². The Bertz CT molecular complexity index is 1410. The first kappa shape index (κ1) is 27.1. The molecule has 2 heterocycles. The van der Waals surface area contributed by atoms with Gasteiger partial charge in [-0.1, -0.05) is 23.7 Å². The van der Waals surface area contributed by atoms with Crippen LogP contribution in [-0.2, 0) is 31.2 Å². The van der Waals surface area contributed by atoms with Gasteiger partial charge in [-0.05, 0) is 48.4 Å². The fraction of sp³-hybridized carbons (Fsp3) is 0.385. The van der Waals surface area contributed by atoms with E-state index in [1.54, 1.807) is 17.7 Å². The minimum atomic E-state index is -3.93. The van der Waals surface area contributed by atoms with Gasteiger partial charge < -0.3 is 24.5 Å². The molecule has 1 amide bonds. The van der Waals surface area contributed by atoms with E-state index >= 15 is 0 Å². The molecule has 9 nitrogen and oxygen atoms in total. The number of ether oxygens (including phenoxy) is 2. The third-order valence-corrected chi connectivity index (χ3v) is 8.31. The van der Waals surface area contributed by atoms with Crippen LogP contribution < -0.4 is 5.32 Å². The molecule has 0 radical (unpaired) electrons. The number of amides is 1. The molecule has 0 spiro atoms. The average molecular weight is 549 g/mol. The molecule has 1 aliphatic heterocycles. The highest BCUT2D eigenvalue weighted by Crippen LogP contribution is 2.28. The molecular weight excluding hydrogens is 520 g/mol. The molecule has 1 aromatic heterocycles. The predicted octanol–water partition coefficient (Wildman–Crippen LogP) is 3.10. The standard InChI is InChI=1S/C26H29ClN2O7S/c1-16-11-21(27)20-13-24(29(2)23(20)12-16)26(32)28-22(14-30)17-3-5-19(6-4-17)37(33,34)15-25(31)36-18-7-9-35-10-8-18/h3-6,11-13,18,22,30H,7-10,14-15H2,1-2H3,(H,28,32)/t22-/m1/s1. The van der Waals surface area contributed by atoms with E-state index in [4.69, 9.17) is 21.1 Å². The molecule has 3 aromatic rings. The minimum Gasteiger partial charge on any atom is -0.461 e. The molecule has 2 N–H and O–H groups in total. The van der Waals surface area contributed by atoms with Crippen molar-refractivity contribution in [2.24, 2.45) is 7.05 Å². The molecule has 4 rings (SSSR count). The average Bonchev–Trinajstić information content (AvgIpc) is 3.19. The summed E-state index contributed by atoms with van der Waals surface area (Å²) in [5, 5.41) is 14.0. The van der Waals surface area contributed by atoms with Gasteiger partial charge in [0.15, 0.2) is 15.6 Å². The van der Waals surface area contributed by atoms with Gasteiger partial charge in [0.25, 0.3) is 5.91 Å². The smallest absolute Gasteiger partial charge is 0.321 e. The van der Waals surface area contributed by atoms with E-state index in [0.717, 1.165) is 16.5 Å². The first-order valence-electron chi connectivity index (χ1n) is 11.9. The van der Waals surface area contributed by atoms with Crippen molar-refractivity contribution in [1.82, 2.24) is 9.88 Å². The van der Waals surface area contributed by atoms with Crippen LogP contribution in [0.25, 0.3) is 10.9 Å². The number of halogens is 1. The summed E-state index contributed by atoms with van der Waals surface area (Å²) >= 11 is 6.34. The van der Waals surface area contributed by atoms with Crippen molar-refractivity contribution in [1.29, 1.82) is 0 Å². The maximum Gasteiger partial charge on any atom is 0.321 e. The van der Waals surface area contributed by atoms with Gasteiger partial charge in [-0.3, -0.25) is 9.59 Å². The highest BCUT2D eigenvalue weighted by Gasteiger charge is 2.25. The Morgan fingerprint density at radius 2 is 1.86 bits per heavy atom. The predicted molar refractivity (Wildman–Crippen MR) is 138 cm³/mol. The summed E-state index contributed by atoms with van der Waals surface area (Å²) in [5.74, 6) is -1.99. The van der Waals surface area contributed by atoms with Crippen LogP contribution in [0, 0.1) is 6.92 Å². The van der Waals surface area contributed by atoms with Crippen LogP contribution in [-0.4, -0.2) is 61.6 Å². The number of sulfone groups is 1. The summed E-state index contributed by atoms with van der Waals surface area (Å²) in [7, 11) is -2.17. The Labute approximate surface area is 220 Å². The second kappa shape index (κ2) is 11.2. The minimum absolute atomic E-state index is 0.0538. The van der Waals surface area contributed by atoms with Crippen LogP contribution in [0.1, 0.15) is 40.5 Å². The second-order valence-electron chi connectivity index (χ2n) is 9.11. The van der Waals surface area contributed by atoms with E-state index in [2.05, 4.69) is 5.32 Å². The molecule has 1 saturated heterocycles. The number of fused-ring (bicyclic) bond motifs is 1. The normalized spacial score (nSPS) is 15.5. The molecule has 1 aliphatic rings. The fourth-order valence-corrected chi connectivity index (χ4v) is 5.78. The summed E-state index contributed by atoms with van der Waals surface area (Å²) < 4.78 is 37.6. The van der Waals surface area contributed by atoms with E-state index in [0.29, 0.717) is 42.3 Å². The van der Waals surface area contributed by atoms with Crippen molar-refractivity contribution in [2.45, 2.75) is 36.8 Å². The number of carbonyl (C=O) groups is 2. The molecule has 37 heavy (non-hydrogen) atoms. The lowest BCUT2D eigenvalue weighted by molar-refractivity contribution is -0.149. The molecule has 198 valence electrons. The Balaban J connectivity index is 1.45. The lowest BCUT2D eigenvalue weighted by Crippen LogP contribution is -2.32. The molecular formula is C26H29ClN2O7S. The van der Waals surface area contributed by atoms with Gasteiger partial charge in [-0.2, -0.15) is 0 Å². The number of hydrogen-bond acceptors (Lipinski definition) is 7. The van der Waals surface area contributed by atoms with Crippen molar-refractivity contribution in [3.63, 3.8) is 0 Å². The lowest BCUT2D eigenvalue weighted by Gasteiger charge is -2.22. The van der Waals surface area contributed by atoms with Crippen molar-refractivity contribution in [3.8, 4) is 0 Å². The zero-order valence-electron chi connectivity index (χ0n) is 20.6.